The Morgan fingerprint density at radius 1 is 0.920 bits per heavy atom. The number of amides is 1. The average molecular weight is 349 g/mol. The highest BCUT2D eigenvalue weighted by atomic mass is 32.2. The molecule has 5 heteroatoms. The molecule has 0 saturated carbocycles. The number of pyridine rings is 2. The van der Waals surface area contributed by atoms with Crippen molar-refractivity contribution in [2.75, 3.05) is 6.26 Å². The number of hydrogen-bond acceptors (Lipinski definition) is 4. The van der Waals surface area contributed by atoms with E-state index in [1.807, 2.05) is 59.7 Å². The van der Waals surface area contributed by atoms with Gasteiger partial charge in [-0.25, -0.2) is 0 Å². The zero-order chi connectivity index (χ0) is 17.5. The van der Waals surface area contributed by atoms with Crippen LogP contribution >= 0.6 is 11.8 Å². The van der Waals surface area contributed by atoms with Gasteiger partial charge in [-0.15, -0.1) is 11.8 Å². The van der Waals surface area contributed by atoms with E-state index >= 15 is 0 Å². The van der Waals surface area contributed by atoms with E-state index in [0.29, 0.717) is 18.7 Å². The maximum Gasteiger partial charge on any atom is 0.254 e. The Morgan fingerprint density at radius 3 is 2.28 bits per heavy atom. The van der Waals surface area contributed by atoms with Gasteiger partial charge in [-0.3, -0.25) is 14.8 Å². The Kier molecular flexibility index (Phi) is 5.80. The summed E-state index contributed by atoms with van der Waals surface area (Å²) in [5.74, 6) is 0.00770. The molecule has 0 aliphatic carbocycles. The smallest absolute Gasteiger partial charge is 0.254 e. The molecule has 126 valence electrons. The lowest BCUT2D eigenvalue weighted by atomic mass is 10.1. The standard InChI is InChI=1S/C20H19N3OS/c1-25-19-6-4-18(5-7-19)20(24)23(14-16-8-11-21-12-9-16)15-17-3-2-10-22-13-17/h2-13H,14-15H2,1H3. The van der Waals surface area contributed by atoms with Gasteiger partial charge in [0, 0.05) is 48.3 Å². The predicted octanol–water partition coefficient (Wildman–Crippen LogP) is 4.04. The van der Waals surface area contributed by atoms with Crippen molar-refractivity contribution in [2.45, 2.75) is 18.0 Å². The fourth-order valence-electron chi connectivity index (χ4n) is 2.54. The number of benzene rings is 1. The minimum Gasteiger partial charge on any atom is -0.330 e. The van der Waals surface area contributed by atoms with Gasteiger partial charge < -0.3 is 4.90 Å². The molecule has 0 fully saturated rings. The lowest BCUT2D eigenvalue weighted by molar-refractivity contribution is 0.0730. The summed E-state index contributed by atoms with van der Waals surface area (Å²) in [6.07, 6.45) is 9.04. The molecule has 2 heterocycles. The largest absolute Gasteiger partial charge is 0.330 e. The van der Waals surface area contributed by atoms with Crippen LogP contribution in [0.2, 0.25) is 0 Å². The molecule has 0 aliphatic rings. The third kappa shape index (κ3) is 4.67. The second-order valence-electron chi connectivity index (χ2n) is 5.61. The van der Waals surface area contributed by atoms with Gasteiger partial charge in [-0.05, 0) is 59.8 Å². The monoisotopic (exact) mass is 349 g/mol. The molecule has 1 aromatic carbocycles. The number of hydrogen-bond donors (Lipinski definition) is 0. The zero-order valence-electron chi connectivity index (χ0n) is 14.0. The summed E-state index contributed by atoms with van der Waals surface area (Å²) in [6.45, 7) is 1.04. The molecule has 0 atom stereocenters. The van der Waals surface area contributed by atoms with Crippen molar-refractivity contribution in [1.29, 1.82) is 0 Å². The molecule has 0 bridgehead atoms. The Bertz CT molecular complexity index is 766. The van der Waals surface area contributed by atoms with Crippen molar-refractivity contribution in [3.63, 3.8) is 0 Å². The Morgan fingerprint density at radius 2 is 1.64 bits per heavy atom. The van der Waals surface area contributed by atoms with E-state index < -0.39 is 0 Å². The molecule has 3 aromatic rings. The van der Waals surface area contributed by atoms with Crippen molar-refractivity contribution < 1.29 is 4.79 Å². The SMILES string of the molecule is CSc1ccc(C(=O)N(Cc2ccncc2)Cc2cccnc2)cc1. The average Bonchev–Trinajstić information content (AvgIpc) is 2.68. The third-order valence-corrected chi connectivity index (χ3v) is 4.59. The van der Waals surface area contributed by atoms with Crippen LogP contribution in [0, 0.1) is 0 Å². The Hall–Kier alpha value is -2.66. The minimum atomic E-state index is 0.00770. The molecular formula is C20H19N3OS. The van der Waals surface area contributed by atoms with E-state index in [2.05, 4.69) is 9.97 Å². The quantitative estimate of drug-likeness (QED) is 0.630. The van der Waals surface area contributed by atoms with E-state index in [0.717, 1.165) is 16.0 Å². The first kappa shape index (κ1) is 17.2. The molecule has 0 N–H and O–H groups in total. The molecule has 0 aliphatic heterocycles. The lowest BCUT2D eigenvalue weighted by Crippen LogP contribution is -2.30. The van der Waals surface area contributed by atoms with Crippen molar-refractivity contribution in [3.8, 4) is 0 Å². The fraction of sp³-hybridized carbons (Fsp3) is 0.150. The first-order chi connectivity index (χ1) is 12.3. The highest BCUT2D eigenvalue weighted by molar-refractivity contribution is 7.98. The van der Waals surface area contributed by atoms with E-state index in [1.54, 1.807) is 36.5 Å². The lowest BCUT2D eigenvalue weighted by Gasteiger charge is -2.23. The molecular weight excluding hydrogens is 330 g/mol. The van der Waals surface area contributed by atoms with Crippen LogP contribution in [-0.4, -0.2) is 27.0 Å². The second kappa shape index (κ2) is 8.44. The van der Waals surface area contributed by atoms with Gasteiger partial charge in [0.05, 0.1) is 0 Å². The Labute approximate surface area is 151 Å². The number of carbonyl (C=O) groups excluding carboxylic acids is 1. The highest BCUT2D eigenvalue weighted by Crippen LogP contribution is 2.18. The van der Waals surface area contributed by atoms with Crippen LogP contribution in [0.3, 0.4) is 0 Å². The van der Waals surface area contributed by atoms with Crippen LogP contribution < -0.4 is 0 Å². The molecule has 0 saturated heterocycles. The molecule has 0 unspecified atom stereocenters. The zero-order valence-corrected chi connectivity index (χ0v) is 14.8. The van der Waals surface area contributed by atoms with E-state index in [4.69, 9.17) is 0 Å². The Balaban J connectivity index is 1.84. The maximum absolute atomic E-state index is 13.0. The van der Waals surface area contributed by atoms with Crippen molar-refractivity contribution in [2.24, 2.45) is 0 Å². The van der Waals surface area contributed by atoms with Crippen LogP contribution in [0.15, 0.2) is 78.2 Å². The van der Waals surface area contributed by atoms with E-state index in [1.165, 1.54) is 0 Å². The van der Waals surface area contributed by atoms with Gasteiger partial charge in [0.1, 0.15) is 0 Å². The van der Waals surface area contributed by atoms with Crippen LogP contribution in [0.4, 0.5) is 0 Å². The molecule has 2 aromatic heterocycles. The summed E-state index contributed by atoms with van der Waals surface area (Å²) in [5.41, 5.74) is 2.74. The third-order valence-electron chi connectivity index (χ3n) is 3.84. The minimum absolute atomic E-state index is 0.00770. The van der Waals surface area contributed by atoms with Gasteiger partial charge in [-0.2, -0.15) is 0 Å². The second-order valence-corrected chi connectivity index (χ2v) is 6.49. The van der Waals surface area contributed by atoms with Crippen molar-refractivity contribution in [1.82, 2.24) is 14.9 Å². The van der Waals surface area contributed by atoms with Crippen LogP contribution in [-0.2, 0) is 13.1 Å². The topological polar surface area (TPSA) is 46.1 Å². The number of nitrogens with zero attached hydrogens (tertiary/aromatic N) is 3. The van der Waals surface area contributed by atoms with Gasteiger partial charge >= 0.3 is 0 Å². The summed E-state index contributed by atoms with van der Waals surface area (Å²) in [4.78, 5) is 24.2. The summed E-state index contributed by atoms with van der Waals surface area (Å²) in [6, 6.07) is 15.5. The van der Waals surface area contributed by atoms with Gasteiger partial charge in [-0.1, -0.05) is 6.07 Å². The molecule has 1 amide bonds. The van der Waals surface area contributed by atoms with Crippen molar-refractivity contribution in [3.05, 3.63) is 90.0 Å². The molecule has 0 radical (unpaired) electrons. The highest BCUT2D eigenvalue weighted by Gasteiger charge is 2.17. The van der Waals surface area contributed by atoms with Crippen LogP contribution in [0.25, 0.3) is 0 Å². The summed E-state index contributed by atoms with van der Waals surface area (Å²) >= 11 is 1.66. The number of aromatic nitrogens is 2. The predicted molar refractivity (Wildman–Crippen MR) is 100 cm³/mol. The number of thioether (sulfide) groups is 1. The molecule has 3 rings (SSSR count). The van der Waals surface area contributed by atoms with E-state index in [-0.39, 0.29) is 5.91 Å². The van der Waals surface area contributed by atoms with Crippen LogP contribution in [0.5, 0.6) is 0 Å². The normalized spacial score (nSPS) is 10.4. The maximum atomic E-state index is 13.0. The molecule has 25 heavy (non-hydrogen) atoms. The van der Waals surface area contributed by atoms with Gasteiger partial charge in [0.2, 0.25) is 0 Å². The summed E-state index contributed by atoms with van der Waals surface area (Å²) < 4.78 is 0. The van der Waals surface area contributed by atoms with Gasteiger partial charge in [0.15, 0.2) is 0 Å². The fourth-order valence-corrected chi connectivity index (χ4v) is 2.94. The molecule has 0 spiro atoms. The van der Waals surface area contributed by atoms with Crippen molar-refractivity contribution >= 4 is 17.7 Å². The van der Waals surface area contributed by atoms with Gasteiger partial charge in [0.25, 0.3) is 5.91 Å². The first-order valence-electron chi connectivity index (χ1n) is 7.97. The van der Waals surface area contributed by atoms with E-state index in [9.17, 15) is 4.79 Å². The first-order valence-corrected chi connectivity index (χ1v) is 9.20. The summed E-state index contributed by atoms with van der Waals surface area (Å²) in [7, 11) is 0. The number of carbonyl (C=O) groups is 1. The number of rotatable bonds is 6. The molecule has 4 nitrogen and oxygen atoms in total. The summed E-state index contributed by atoms with van der Waals surface area (Å²) in [5, 5.41) is 0. The van der Waals surface area contributed by atoms with Crippen LogP contribution in [0.1, 0.15) is 21.5 Å².